The van der Waals surface area contributed by atoms with Crippen molar-refractivity contribution in [2.24, 2.45) is 11.1 Å². The Bertz CT molecular complexity index is 582. The van der Waals surface area contributed by atoms with Gasteiger partial charge >= 0.3 is 0 Å². The maximum Gasteiger partial charge on any atom is 0.243 e. The van der Waals surface area contributed by atoms with Crippen molar-refractivity contribution >= 4 is 10.0 Å². The number of sulfonamides is 1. The minimum atomic E-state index is -3.56. The fourth-order valence-corrected chi connectivity index (χ4v) is 3.92. The zero-order chi connectivity index (χ0) is 15.7. The van der Waals surface area contributed by atoms with E-state index in [2.05, 4.69) is 9.82 Å². The van der Waals surface area contributed by atoms with E-state index in [0.29, 0.717) is 26.1 Å². The zero-order valence-electron chi connectivity index (χ0n) is 12.7. The van der Waals surface area contributed by atoms with E-state index in [-0.39, 0.29) is 22.5 Å². The minimum absolute atomic E-state index is 0.0927. The zero-order valence-corrected chi connectivity index (χ0v) is 13.6. The Labute approximate surface area is 125 Å². The molecule has 1 aromatic rings. The van der Waals surface area contributed by atoms with E-state index >= 15 is 0 Å². The number of nitrogens with one attached hydrogen (secondary N) is 1. The monoisotopic (exact) mass is 316 g/mol. The number of nitrogens with two attached hydrogens (primary N) is 1. The van der Waals surface area contributed by atoms with Crippen LogP contribution in [0.2, 0.25) is 0 Å². The molecule has 0 aromatic carbocycles. The first-order valence-corrected chi connectivity index (χ1v) is 8.66. The van der Waals surface area contributed by atoms with E-state index in [4.69, 9.17) is 10.5 Å². The molecule has 2 unspecified atom stereocenters. The van der Waals surface area contributed by atoms with Crippen LogP contribution in [-0.4, -0.2) is 43.5 Å². The molecule has 2 atom stereocenters. The lowest BCUT2D eigenvalue weighted by Gasteiger charge is -2.51. The Morgan fingerprint density at radius 3 is 2.86 bits per heavy atom. The molecule has 7 nitrogen and oxygen atoms in total. The van der Waals surface area contributed by atoms with Crippen molar-refractivity contribution in [3.63, 3.8) is 0 Å². The van der Waals surface area contributed by atoms with Gasteiger partial charge in [-0.3, -0.25) is 4.68 Å². The summed E-state index contributed by atoms with van der Waals surface area (Å²) in [5.74, 6) is 0. The Kier molecular flexibility index (Phi) is 4.72. The third-order valence-electron chi connectivity index (χ3n) is 4.12. The van der Waals surface area contributed by atoms with Gasteiger partial charge in [-0.25, -0.2) is 13.1 Å². The Balaban J connectivity index is 2.05. The van der Waals surface area contributed by atoms with Crippen molar-refractivity contribution in [3.05, 3.63) is 12.4 Å². The van der Waals surface area contributed by atoms with Crippen LogP contribution in [0.25, 0.3) is 0 Å². The van der Waals surface area contributed by atoms with Crippen LogP contribution in [0.3, 0.4) is 0 Å². The van der Waals surface area contributed by atoms with Gasteiger partial charge in [-0.15, -0.1) is 0 Å². The largest absolute Gasteiger partial charge is 0.378 e. The van der Waals surface area contributed by atoms with Crippen LogP contribution < -0.4 is 10.5 Å². The molecule has 8 heteroatoms. The van der Waals surface area contributed by atoms with Gasteiger partial charge in [0.25, 0.3) is 0 Å². The molecule has 0 amide bonds. The van der Waals surface area contributed by atoms with E-state index in [1.807, 2.05) is 20.8 Å². The lowest BCUT2D eigenvalue weighted by Crippen LogP contribution is -2.61. The fraction of sp³-hybridized carbons (Fsp3) is 0.769. The van der Waals surface area contributed by atoms with Crippen molar-refractivity contribution in [2.75, 3.05) is 13.2 Å². The van der Waals surface area contributed by atoms with Crippen molar-refractivity contribution < 1.29 is 13.2 Å². The highest BCUT2D eigenvalue weighted by molar-refractivity contribution is 7.89. The lowest BCUT2D eigenvalue weighted by molar-refractivity contribution is -0.108. The first-order chi connectivity index (χ1) is 9.81. The number of hydrogen-bond donors (Lipinski definition) is 2. The molecule has 2 rings (SSSR count). The van der Waals surface area contributed by atoms with Crippen molar-refractivity contribution in [1.82, 2.24) is 14.5 Å². The van der Waals surface area contributed by atoms with E-state index in [0.717, 1.165) is 0 Å². The molecular weight excluding hydrogens is 292 g/mol. The first-order valence-electron chi connectivity index (χ1n) is 7.17. The summed E-state index contributed by atoms with van der Waals surface area (Å²) in [5.41, 5.74) is 5.22. The molecule has 1 saturated carbocycles. The summed E-state index contributed by atoms with van der Waals surface area (Å²) in [6.07, 6.45) is 3.64. The van der Waals surface area contributed by atoms with Crippen LogP contribution in [-0.2, 0) is 21.3 Å². The van der Waals surface area contributed by atoms with Gasteiger partial charge in [0, 0.05) is 30.8 Å². The highest BCUT2D eigenvalue weighted by Crippen LogP contribution is 2.43. The van der Waals surface area contributed by atoms with Gasteiger partial charge in [0.1, 0.15) is 4.90 Å². The SMILES string of the molecule is CCOC1CC(NS(=O)(=O)c2cnn(CCN)c2)C1(C)C. The average Bonchev–Trinajstić information content (AvgIpc) is 2.87. The molecule has 0 saturated heterocycles. The second-order valence-corrected chi connectivity index (χ2v) is 7.62. The molecule has 0 bridgehead atoms. The summed E-state index contributed by atoms with van der Waals surface area (Å²) < 4.78 is 34.6. The van der Waals surface area contributed by atoms with E-state index in [1.54, 1.807) is 0 Å². The molecule has 1 aromatic heterocycles. The van der Waals surface area contributed by atoms with Gasteiger partial charge in [0.2, 0.25) is 10.0 Å². The van der Waals surface area contributed by atoms with Crippen LogP contribution in [0.1, 0.15) is 27.2 Å². The summed E-state index contributed by atoms with van der Waals surface area (Å²) >= 11 is 0. The number of hydrogen-bond acceptors (Lipinski definition) is 5. The molecule has 21 heavy (non-hydrogen) atoms. The first kappa shape index (κ1) is 16.4. The van der Waals surface area contributed by atoms with E-state index < -0.39 is 10.0 Å². The van der Waals surface area contributed by atoms with Crippen LogP contribution in [0.5, 0.6) is 0 Å². The highest BCUT2D eigenvalue weighted by atomic mass is 32.2. The van der Waals surface area contributed by atoms with E-state index in [9.17, 15) is 8.42 Å². The van der Waals surface area contributed by atoms with Gasteiger partial charge < -0.3 is 10.5 Å². The van der Waals surface area contributed by atoms with Crippen LogP contribution in [0.4, 0.5) is 0 Å². The van der Waals surface area contributed by atoms with E-state index in [1.165, 1.54) is 17.1 Å². The van der Waals surface area contributed by atoms with Crippen molar-refractivity contribution in [2.45, 2.75) is 50.8 Å². The molecule has 0 radical (unpaired) electrons. The molecule has 1 aliphatic rings. The van der Waals surface area contributed by atoms with Gasteiger partial charge in [0.05, 0.1) is 18.8 Å². The Hall–Kier alpha value is -0.960. The number of nitrogens with zero attached hydrogens (tertiary/aromatic N) is 2. The second-order valence-electron chi connectivity index (χ2n) is 5.90. The van der Waals surface area contributed by atoms with Gasteiger partial charge in [-0.1, -0.05) is 13.8 Å². The summed E-state index contributed by atoms with van der Waals surface area (Å²) in [6, 6.07) is -0.128. The standard InChI is InChI=1S/C13H24N4O3S/c1-4-20-12-7-11(13(12,2)3)16-21(18,19)10-8-15-17(9-10)6-5-14/h8-9,11-12,16H,4-7,14H2,1-3H3. The summed E-state index contributed by atoms with van der Waals surface area (Å²) in [7, 11) is -3.56. The smallest absolute Gasteiger partial charge is 0.243 e. The number of aromatic nitrogens is 2. The molecule has 120 valence electrons. The van der Waals surface area contributed by atoms with Crippen LogP contribution in [0.15, 0.2) is 17.3 Å². The van der Waals surface area contributed by atoms with Gasteiger partial charge in [0.15, 0.2) is 0 Å². The van der Waals surface area contributed by atoms with Crippen LogP contribution >= 0.6 is 0 Å². The predicted octanol–water partition coefficient (Wildman–Crippen LogP) is 0.324. The molecule has 0 spiro atoms. The minimum Gasteiger partial charge on any atom is -0.378 e. The highest BCUT2D eigenvalue weighted by Gasteiger charge is 2.50. The fourth-order valence-electron chi connectivity index (χ4n) is 2.56. The lowest BCUT2D eigenvalue weighted by atomic mass is 9.65. The van der Waals surface area contributed by atoms with Gasteiger partial charge in [-0.2, -0.15) is 5.10 Å². The summed E-state index contributed by atoms with van der Waals surface area (Å²) in [4.78, 5) is 0.173. The van der Waals surface area contributed by atoms with Crippen molar-refractivity contribution in [1.29, 1.82) is 0 Å². The molecule has 1 aliphatic carbocycles. The maximum absolute atomic E-state index is 12.4. The molecule has 1 heterocycles. The normalized spacial score (nSPS) is 24.8. The summed E-state index contributed by atoms with van der Waals surface area (Å²) in [5, 5.41) is 4.00. The predicted molar refractivity (Wildman–Crippen MR) is 79.2 cm³/mol. The molecular formula is C13H24N4O3S. The molecule has 0 aliphatic heterocycles. The second kappa shape index (κ2) is 6.04. The Morgan fingerprint density at radius 1 is 1.57 bits per heavy atom. The quantitative estimate of drug-likeness (QED) is 0.755. The average molecular weight is 316 g/mol. The maximum atomic E-state index is 12.4. The third-order valence-corrected chi connectivity index (χ3v) is 5.55. The van der Waals surface area contributed by atoms with Crippen molar-refractivity contribution in [3.8, 4) is 0 Å². The third kappa shape index (κ3) is 3.28. The molecule has 1 fully saturated rings. The summed E-state index contributed by atoms with van der Waals surface area (Å²) in [6.45, 7) is 7.53. The number of ether oxygens (including phenoxy) is 1. The Morgan fingerprint density at radius 2 is 2.29 bits per heavy atom. The van der Waals surface area contributed by atoms with Crippen LogP contribution in [0, 0.1) is 5.41 Å². The van der Waals surface area contributed by atoms with Gasteiger partial charge in [-0.05, 0) is 13.3 Å². The number of rotatable bonds is 7. The topological polar surface area (TPSA) is 99.2 Å². The molecule has 3 N–H and O–H groups in total.